The molecule has 8 nitrogen and oxygen atoms in total. The number of carbonyl (C=O) groups is 1. The molecule has 1 fully saturated rings. The fourth-order valence-electron chi connectivity index (χ4n) is 1.77. The molecule has 1 aromatic heterocycles. The van der Waals surface area contributed by atoms with Crippen molar-refractivity contribution in [1.82, 2.24) is 20.0 Å². The Bertz CT molecular complexity index is 525. The summed E-state index contributed by atoms with van der Waals surface area (Å²) in [5, 5.41) is 16.0. The van der Waals surface area contributed by atoms with Gasteiger partial charge >= 0.3 is 0 Å². The summed E-state index contributed by atoms with van der Waals surface area (Å²) >= 11 is 0. The Hall–Kier alpha value is -1.93. The molecular weight excluding hydrogens is 216 g/mol. The summed E-state index contributed by atoms with van der Waals surface area (Å²) in [6, 6.07) is 0. The fourth-order valence-corrected chi connectivity index (χ4v) is 1.77. The molecule has 0 atom stereocenters. The van der Waals surface area contributed by atoms with Crippen molar-refractivity contribution in [2.45, 2.75) is 6.67 Å². The lowest BCUT2D eigenvalue weighted by atomic mass is 10.3. The van der Waals surface area contributed by atoms with Crippen LogP contribution in [0.3, 0.4) is 0 Å². The smallest absolute Gasteiger partial charge is 0.292 e. The van der Waals surface area contributed by atoms with Crippen LogP contribution in [0.15, 0.2) is 11.0 Å². The molecule has 0 saturated carbocycles. The van der Waals surface area contributed by atoms with Gasteiger partial charge in [0, 0.05) is 0 Å². The third kappa shape index (κ3) is 1.08. The maximum absolute atomic E-state index is 11.9. The first kappa shape index (κ1) is 9.31. The van der Waals surface area contributed by atoms with Crippen molar-refractivity contribution < 1.29 is 14.7 Å². The molecule has 0 spiro atoms. The molecule has 16 heavy (non-hydrogen) atoms. The van der Waals surface area contributed by atoms with Gasteiger partial charge in [-0.3, -0.25) is 14.4 Å². The molecule has 0 bridgehead atoms. The summed E-state index contributed by atoms with van der Waals surface area (Å²) in [4.78, 5) is 28.3. The minimum atomic E-state index is -0.659. The summed E-state index contributed by atoms with van der Waals surface area (Å²) in [6.07, 6.45) is 0.970. The maximum Gasteiger partial charge on any atom is 0.292 e. The van der Waals surface area contributed by atoms with E-state index in [4.69, 9.17) is 4.84 Å². The lowest BCUT2D eigenvalue weighted by Gasteiger charge is -2.31. The van der Waals surface area contributed by atoms with E-state index in [2.05, 4.69) is 5.10 Å². The molecule has 0 radical (unpaired) electrons. The Kier molecular flexibility index (Phi) is 1.76. The van der Waals surface area contributed by atoms with Crippen molar-refractivity contribution in [2.75, 3.05) is 13.2 Å². The molecule has 1 N–H and O–H groups in total. The van der Waals surface area contributed by atoms with Crippen LogP contribution in [-0.4, -0.2) is 44.1 Å². The molecular formula is C8H8N4O4. The average molecular weight is 224 g/mol. The minimum Gasteiger partial charge on any atom is -0.502 e. The van der Waals surface area contributed by atoms with E-state index in [-0.39, 0.29) is 12.4 Å². The Morgan fingerprint density at radius 3 is 3.06 bits per heavy atom. The van der Waals surface area contributed by atoms with Crippen LogP contribution in [0, 0.1) is 0 Å². The summed E-state index contributed by atoms with van der Waals surface area (Å²) in [6.45, 7) is 0.974. The van der Waals surface area contributed by atoms with Crippen LogP contribution < -0.4 is 5.43 Å². The van der Waals surface area contributed by atoms with Gasteiger partial charge in [0.1, 0.15) is 6.67 Å². The standard InChI is InChI=1S/C8H8N4O4/c13-5-3-9-10-4-12-11(1-2-16-12)8(15)6(10)7(5)14/h3,14H,1-2,4H2. The molecule has 8 heteroatoms. The lowest BCUT2D eigenvalue weighted by Crippen LogP contribution is -2.48. The van der Waals surface area contributed by atoms with Gasteiger partial charge in [0.2, 0.25) is 5.43 Å². The largest absolute Gasteiger partial charge is 0.502 e. The maximum atomic E-state index is 11.9. The number of aromatic nitrogens is 2. The van der Waals surface area contributed by atoms with Crippen LogP contribution in [0.2, 0.25) is 0 Å². The first-order valence-corrected chi connectivity index (χ1v) is 4.70. The van der Waals surface area contributed by atoms with E-state index >= 15 is 0 Å². The van der Waals surface area contributed by atoms with E-state index in [9.17, 15) is 14.7 Å². The van der Waals surface area contributed by atoms with Gasteiger partial charge < -0.3 is 5.11 Å². The first-order chi connectivity index (χ1) is 7.68. The topological polar surface area (TPSA) is 87.9 Å². The van der Waals surface area contributed by atoms with Gasteiger partial charge in [-0.05, 0) is 0 Å². The normalized spacial score (nSPS) is 19.8. The molecule has 0 unspecified atom stereocenters. The van der Waals surface area contributed by atoms with Gasteiger partial charge in [0.25, 0.3) is 5.91 Å². The molecule has 0 aliphatic carbocycles. The molecule has 0 aromatic carbocycles. The Labute approximate surface area is 89.2 Å². The van der Waals surface area contributed by atoms with Gasteiger partial charge in [-0.25, -0.2) is 9.69 Å². The van der Waals surface area contributed by atoms with Crippen molar-refractivity contribution in [1.29, 1.82) is 0 Å². The number of carbonyl (C=O) groups excluding carboxylic acids is 1. The van der Waals surface area contributed by atoms with Gasteiger partial charge in [-0.1, -0.05) is 5.17 Å². The van der Waals surface area contributed by atoms with E-state index in [1.165, 1.54) is 14.9 Å². The lowest BCUT2D eigenvalue weighted by molar-refractivity contribution is -0.229. The Balaban J connectivity index is 2.19. The molecule has 84 valence electrons. The zero-order valence-corrected chi connectivity index (χ0v) is 8.16. The number of rotatable bonds is 0. The SMILES string of the molecule is O=C1c2c(O)c(=O)cnn2CN2OCCN12. The van der Waals surface area contributed by atoms with Gasteiger partial charge in [0.15, 0.2) is 11.4 Å². The number of hydrogen-bond donors (Lipinski definition) is 1. The summed E-state index contributed by atoms with van der Waals surface area (Å²) in [7, 11) is 0. The van der Waals surface area contributed by atoms with Crippen molar-refractivity contribution in [2.24, 2.45) is 0 Å². The van der Waals surface area contributed by atoms with E-state index < -0.39 is 17.1 Å². The molecule has 2 aliphatic rings. The monoisotopic (exact) mass is 224 g/mol. The van der Waals surface area contributed by atoms with Crippen LogP contribution in [0.4, 0.5) is 0 Å². The number of fused-ring (bicyclic) bond motifs is 2. The second-order valence-electron chi connectivity index (χ2n) is 3.46. The number of aromatic hydroxyl groups is 1. The third-order valence-electron chi connectivity index (χ3n) is 2.53. The predicted octanol–water partition coefficient (Wildman–Crippen LogP) is -1.48. The highest BCUT2D eigenvalue weighted by Crippen LogP contribution is 2.22. The zero-order chi connectivity index (χ0) is 11.3. The summed E-state index contributed by atoms with van der Waals surface area (Å²) < 4.78 is 1.24. The molecule has 1 saturated heterocycles. The highest BCUT2D eigenvalue weighted by molar-refractivity contribution is 5.95. The molecule has 1 aromatic rings. The summed E-state index contributed by atoms with van der Waals surface area (Å²) in [5.41, 5.74) is -0.748. The van der Waals surface area contributed by atoms with Gasteiger partial charge in [-0.2, -0.15) is 5.10 Å². The molecule has 1 amide bonds. The highest BCUT2D eigenvalue weighted by atomic mass is 16.7. The second kappa shape index (κ2) is 3.03. The van der Waals surface area contributed by atoms with Crippen molar-refractivity contribution in [3.8, 4) is 5.75 Å². The Morgan fingerprint density at radius 2 is 2.25 bits per heavy atom. The molecule has 3 heterocycles. The van der Waals surface area contributed by atoms with E-state index in [0.29, 0.717) is 13.2 Å². The van der Waals surface area contributed by atoms with Crippen LogP contribution in [-0.2, 0) is 11.5 Å². The van der Waals surface area contributed by atoms with E-state index in [0.717, 1.165) is 6.20 Å². The van der Waals surface area contributed by atoms with Gasteiger partial charge in [-0.15, -0.1) is 0 Å². The average Bonchev–Trinajstić information content (AvgIpc) is 2.72. The zero-order valence-electron chi connectivity index (χ0n) is 8.16. The van der Waals surface area contributed by atoms with Crippen LogP contribution in [0.5, 0.6) is 5.75 Å². The second-order valence-corrected chi connectivity index (χ2v) is 3.46. The van der Waals surface area contributed by atoms with Crippen molar-refractivity contribution in [3.63, 3.8) is 0 Å². The number of amides is 1. The summed E-state index contributed by atoms with van der Waals surface area (Å²) in [5.74, 6) is -1.04. The van der Waals surface area contributed by atoms with E-state index in [1.54, 1.807) is 0 Å². The fraction of sp³-hybridized carbons (Fsp3) is 0.375. The number of nitrogens with zero attached hydrogens (tertiary/aromatic N) is 4. The number of hydroxylamine groups is 1. The van der Waals surface area contributed by atoms with Crippen LogP contribution in [0.25, 0.3) is 0 Å². The molecule has 2 aliphatic heterocycles. The third-order valence-corrected chi connectivity index (χ3v) is 2.53. The van der Waals surface area contributed by atoms with Crippen molar-refractivity contribution in [3.05, 3.63) is 22.1 Å². The predicted molar refractivity (Wildman–Crippen MR) is 49.0 cm³/mol. The van der Waals surface area contributed by atoms with E-state index in [1.807, 2.05) is 0 Å². The molecule has 3 rings (SSSR count). The first-order valence-electron chi connectivity index (χ1n) is 4.70. The number of hydrazine groups is 1. The van der Waals surface area contributed by atoms with Crippen LogP contribution >= 0.6 is 0 Å². The van der Waals surface area contributed by atoms with Gasteiger partial charge in [0.05, 0.1) is 19.3 Å². The quantitative estimate of drug-likeness (QED) is 0.578. The Morgan fingerprint density at radius 1 is 1.44 bits per heavy atom. The highest BCUT2D eigenvalue weighted by Gasteiger charge is 2.37. The van der Waals surface area contributed by atoms with Crippen molar-refractivity contribution >= 4 is 5.91 Å². The minimum absolute atomic E-state index is 0.0887. The van der Waals surface area contributed by atoms with Crippen LogP contribution in [0.1, 0.15) is 10.5 Å². The number of hydrogen-bond acceptors (Lipinski definition) is 6.